The summed E-state index contributed by atoms with van der Waals surface area (Å²) >= 11 is 0. The summed E-state index contributed by atoms with van der Waals surface area (Å²) in [5.41, 5.74) is 1.10. The van der Waals surface area contributed by atoms with Gasteiger partial charge in [0.05, 0.1) is 12.5 Å². The fourth-order valence-electron chi connectivity index (χ4n) is 4.66. The van der Waals surface area contributed by atoms with Gasteiger partial charge < -0.3 is 19.7 Å². The molecule has 2 aromatic carbocycles. The van der Waals surface area contributed by atoms with E-state index in [0.717, 1.165) is 62.9 Å². The maximum Gasteiger partial charge on any atom is 0.260 e. The van der Waals surface area contributed by atoms with E-state index in [2.05, 4.69) is 5.32 Å². The zero-order chi connectivity index (χ0) is 21.7. The molecular formula is C25H30N2O4. The topological polar surface area (TPSA) is 67.9 Å². The predicted molar refractivity (Wildman–Crippen MR) is 120 cm³/mol. The molecule has 164 valence electrons. The number of benzene rings is 2. The van der Waals surface area contributed by atoms with Crippen LogP contribution in [0.1, 0.15) is 44.1 Å². The molecule has 0 spiro atoms. The van der Waals surface area contributed by atoms with Crippen molar-refractivity contribution in [2.45, 2.75) is 43.9 Å². The molecule has 1 aliphatic carbocycles. The summed E-state index contributed by atoms with van der Waals surface area (Å²) < 4.78 is 11.1. The van der Waals surface area contributed by atoms with Gasteiger partial charge in [-0.25, -0.2) is 0 Å². The van der Waals surface area contributed by atoms with Gasteiger partial charge in [0.25, 0.3) is 5.91 Å². The number of nitrogens with zero attached hydrogens (tertiary/aromatic N) is 1. The Morgan fingerprint density at radius 3 is 2.42 bits per heavy atom. The van der Waals surface area contributed by atoms with Crippen LogP contribution in [0, 0.1) is 0 Å². The number of hydrogen-bond donors (Lipinski definition) is 1. The lowest BCUT2D eigenvalue weighted by molar-refractivity contribution is -0.132. The third-order valence-electron chi connectivity index (χ3n) is 6.43. The van der Waals surface area contributed by atoms with Gasteiger partial charge in [0.15, 0.2) is 6.61 Å². The number of carbonyl (C=O) groups is 2. The lowest BCUT2D eigenvalue weighted by Gasteiger charge is -2.28. The molecule has 1 saturated carbocycles. The molecule has 6 nitrogen and oxygen atoms in total. The van der Waals surface area contributed by atoms with Crippen molar-refractivity contribution in [1.82, 2.24) is 4.90 Å². The predicted octanol–water partition coefficient (Wildman–Crippen LogP) is 4.15. The summed E-state index contributed by atoms with van der Waals surface area (Å²) in [6.45, 7) is 1.64. The standard InChI is InChI=1S/C25H30N2O4/c1-30-21-10-6-8-19(16-21)25(12-2-3-13-25)24(29)26-20-9-7-11-22(17-20)31-18-23(28)27-14-4-5-15-27/h6-11,16-17H,2-5,12-15,18H2,1H3,(H,26,29). The number of likely N-dealkylation sites (tertiary alicyclic amines) is 1. The van der Waals surface area contributed by atoms with Gasteiger partial charge in [-0.1, -0.05) is 31.0 Å². The van der Waals surface area contributed by atoms with Crippen molar-refractivity contribution in [1.29, 1.82) is 0 Å². The minimum Gasteiger partial charge on any atom is -0.497 e. The largest absolute Gasteiger partial charge is 0.497 e. The SMILES string of the molecule is COc1cccc(C2(C(=O)Nc3cccc(OCC(=O)N4CCCC4)c3)CCCC2)c1. The summed E-state index contributed by atoms with van der Waals surface area (Å²) in [5.74, 6) is 1.33. The average Bonchev–Trinajstić information content (AvgIpc) is 3.51. The number of hydrogen-bond acceptors (Lipinski definition) is 4. The van der Waals surface area contributed by atoms with E-state index < -0.39 is 5.41 Å². The van der Waals surface area contributed by atoms with E-state index >= 15 is 0 Å². The number of amides is 2. The maximum absolute atomic E-state index is 13.4. The monoisotopic (exact) mass is 422 g/mol. The van der Waals surface area contributed by atoms with Crippen molar-refractivity contribution in [3.63, 3.8) is 0 Å². The van der Waals surface area contributed by atoms with Crippen molar-refractivity contribution in [3.05, 3.63) is 54.1 Å². The molecule has 2 aromatic rings. The fraction of sp³-hybridized carbons (Fsp3) is 0.440. The second-order valence-corrected chi connectivity index (χ2v) is 8.38. The summed E-state index contributed by atoms with van der Waals surface area (Å²) in [7, 11) is 1.64. The normalized spacial score (nSPS) is 17.4. The molecule has 1 N–H and O–H groups in total. The van der Waals surface area contributed by atoms with Gasteiger partial charge in [-0.15, -0.1) is 0 Å². The molecule has 0 atom stereocenters. The minimum absolute atomic E-state index is 0.00914. The molecule has 6 heteroatoms. The molecule has 2 amide bonds. The molecule has 2 fully saturated rings. The van der Waals surface area contributed by atoms with Gasteiger partial charge in [-0.3, -0.25) is 9.59 Å². The number of carbonyl (C=O) groups excluding carboxylic acids is 2. The van der Waals surface area contributed by atoms with E-state index in [9.17, 15) is 9.59 Å². The molecule has 2 aliphatic rings. The van der Waals surface area contributed by atoms with Crippen LogP contribution in [0.5, 0.6) is 11.5 Å². The zero-order valence-corrected chi connectivity index (χ0v) is 18.1. The molecule has 0 aromatic heterocycles. The van der Waals surface area contributed by atoms with Crippen LogP contribution >= 0.6 is 0 Å². The molecule has 4 rings (SSSR count). The van der Waals surface area contributed by atoms with Crippen LogP contribution in [0.2, 0.25) is 0 Å². The second kappa shape index (κ2) is 9.41. The molecule has 0 radical (unpaired) electrons. The Bertz CT molecular complexity index is 931. The first-order chi connectivity index (χ1) is 15.1. The number of rotatable bonds is 7. The molecule has 31 heavy (non-hydrogen) atoms. The molecular weight excluding hydrogens is 392 g/mol. The van der Waals surface area contributed by atoms with Gasteiger partial charge in [0, 0.05) is 24.8 Å². The van der Waals surface area contributed by atoms with E-state index in [-0.39, 0.29) is 18.4 Å². The third kappa shape index (κ3) is 4.68. The Morgan fingerprint density at radius 2 is 1.68 bits per heavy atom. The van der Waals surface area contributed by atoms with Crippen LogP contribution in [0.25, 0.3) is 0 Å². The van der Waals surface area contributed by atoms with Crippen molar-refractivity contribution < 1.29 is 19.1 Å². The molecule has 0 bridgehead atoms. The Hall–Kier alpha value is -3.02. The van der Waals surface area contributed by atoms with Crippen LogP contribution in [0.4, 0.5) is 5.69 Å². The van der Waals surface area contributed by atoms with Crippen LogP contribution < -0.4 is 14.8 Å². The summed E-state index contributed by atoms with van der Waals surface area (Å²) in [4.78, 5) is 27.5. The first-order valence-corrected chi connectivity index (χ1v) is 11.1. The van der Waals surface area contributed by atoms with E-state index in [0.29, 0.717) is 11.4 Å². The minimum atomic E-state index is -0.558. The number of nitrogens with one attached hydrogen (secondary N) is 1. The van der Waals surface area contributed by atoms with E-state index in [4.69, 9.17) is 9.47 Å². The Balaban J connectivity index is 1.45. The number of ether oxygens (including phenoxy) is 2. The molecule has 0 unspecified atom stereocenters. The first kappa shape index (κ1) is 21.2. The highest BCUT2D eigenvalue weighted by atomic mass is 16.5. The van der Waals surface area contributed by atoms with Crippen LogP contribution in [0.3, 0.4) is 0 Å². The fourth-order valence-corrected chi connectivity index (χ4v) is 4.66. The van der Waals surface area contributed by atoms with Gasteiger partial charge in [0.2, 0.25) is 5.91 Å². The second-order valence-electron chi connectivity index (χ2n) is 8.38. The Labute approximate surface area is 183 Å². The van der Waals surface area contributed by atoms with Crippen molar-refractivity contribution in [2.24, 2.45) is 0 Å². The van der Waals surface area contributed by atoms with Gasteiger partial charge >= 0.3 is 0 Å². The van der Waals surface area contributed by atoms with Crippen LogP contribution in [-0.2, 0) is 15.0 Å². The summed E-state index contributed by atoms with van der Waals surface area (Å²) in [6, 6.07) is 15.1. The Morgan fingerprint density at radius 1 is 0.968 bits per heavy atom. The Kier molecular flexibility index (Phi) is 6.44. The summed E-state index contributed by atoms with van der Waals surface area (Å²) in [5, 5.41) is 3.09. The quantitative estimate of drug-likeness (QED) is 0.728. The lowest BCUT2D eigenvalue weighted by atomic mass is 9.78. The lowest BCUT2D eigenvalue weighted by Crippen LogP contribution is -2.38. The molecule has 1 heterocycles. The van der Waals surface area contributed by atoms with Gasteiger partial charge in [-0.2, -0.15) is 0 Å². The van der Waals surface area contributed by atoms with E-state index in [1.807, 2.05) is 41.3 Å². The third-order valence-corrected chi connectivity index (χ3v) is 6.43. The number of anilines is 1. The first-order valence-electron chi connectivity index (χ1n) is 11.1. The van der Waals surface area contributed by atoms with E-state index in [1.54, 1.807) is 19.2 Å². The highest BCUT2D eigenvalue weighted by molar-refractivity contribution is 5.99. The van der Waals surface area contributed by atoms with Crippen molar-refractivity contribution in [3.8, 4) is 11.5 Å². The zero-order valence-electron chi connectivity index (χ0n) is 18.1. The highest BCUT2D eigenvalue weighted by Crippen LogP contribution is 2.43. The highest BCUT2D eigenvalue weighted by Gasteiger charge is 2.43. The van der Waals surface area contributed by atoms with Gasteiger partial charge in [0.1, 0.15) is 11.5 Å². The molecule has 1 saturated heterocycles. The number of methoxy groups -OCH3 is 1. The van der Waals surface area contributed by atoms with Gasteiger partial charge in [-0.05, 0) is 55.5 Å². The van der Waals surface area contributed by atoms with Crippen molar-refractivity contribution >= 4 is 17.5 Å². The summed E-state index contributed by atoms with van der Waals surface area (Å²) in [6.07, 6.45) is 5.78. The van der Waals surface area contributed by atoms with Crippen LogP contribution in [-0.4, -0.2) is 43.5 Å². The average molecular weight is 423 g/mol. The smallest absolute Gasteiger partial charge is 0.260 e. The van der Waals surface area contributed by atoms with E-state index in [1.165, 1.54) is 0 Å². The maximum atomic E-state index is 13.4. The van der Waals surface area contributed by atoms with Crippen molar-refractivity contribution in [2.75, 3.05) is 32.1 Å². The van der Waals surface area contributed by atoms with Crippen LogP contribution in [0.15, 0.2) is 48.5 Å². The molecule has 1 aliphatic heterocycles.